The number of nitrogens with one attached hydrogen (secondary N) is 1. The van der Waals surface area contributed by atoms with E-state index in [-0.39, 0.29) is 23.5 Å². The highest BCUT2D eigenvalue weighted by Gasteiger charge is 2.15. The molecule has 0 bridgehead atoms. The number of ether oxygens (including phenoxy) is 1. The van der Waals surface area contributed by atoms with Crippen molar-refractivity contribution in [3.63, 3.8) is 0 Å². The average molecular weight is 362 g/mol. The van der Waals surface area contributed by atoms with Gasteiger partial charge in [0.2, 0.25) is 10.0 Å². The van der Waals surface area contributed by atoms with Gasteiger partial charge in [0.25, 0.3) is 0 Å². The summed E-state index contributed by atoms with van der Waals surface area (Å²) >= 11 is 0. The van der Waals surface area contributed by atoms with E-state index < -0.39 is 10.0 Å². The first-order chi connectivity index (χ1) is 11.7. The maximum atomic E-state index is 12.3. The Morgan fingerprint density at radius 2 is 1.72 bits per heavy atom. The Balaban J connectivity index is 1.90. The summed E-state index contributed by atoms with van der Waals surface area (Å²) in [4.78, 5) is 0.277. The van der Waals surface area contributed by atoms with Crippen LogP contribution in [0.1, 0.15) is 38.8 Å². The van der Waals surface area contributed by atoms with Gasteiger partial charge in [-0.05, 0) is 47.2 Å². The molecule has 0 aromatic heterocycles. The summed E-state index contributed by atoms with van der Waals surface area (Å²) in [6.07, 6.45) is 0.884. The number of hydrogen-bond donors (Lipinski definition) is 1. The Morgan fingerprint density at radius 3 is 2.32 bits per heavy atom. The van der Waals surface area contributed by atoms with Crippen LogP contribution in [0.5, 0.6) is 5.75 Å². The lowest BCUT2D eigenvalue weighted by atomic mass is 9.87. The molecule has 4 nitrogen and oxygen atoms in total. The number of sulfonamides is 1. The van der Waals surface area contributed by atoms with Crippen LogP contribution in [0, 0.1) is 0 Å². The van der Waals surface area contributed by atoms with Crippen LogP contribution >= 0.6 is 0 Å². The van der Waals surface area contributed by atoms with E-state index in [1.165, 1.54) is 5.56 Å². The smallest absolute Gasteiger partial charge is 0.240 e. The topological polar surface area (TPSA) is 55.4 Å². The van der Waals surface area contributed by atoms with Crippen LogP contribution < -0.4 is 9.46 Å². The maximum absolute atomic E-state index is 12.3. The van der Waals surface area contributed by atoms with Crippen LogP contribution in [-0.4, -0.2) is 21.6 Å². The second-order valence-corrected chi connectivity index (χ2v) is 8.79. The highest BCUT2D eigenvalue weighted by Crippen LogP contribution is 2.25. The molecule has 2 aromatic carbocycles. The first-order valence-corrected chi connectivity index (χ1v) is 10.0. The van der Waals surface area contributed by atoms with E-state index in [4.69, 9.17) is 4.74 Å². The fourth-order valence-electron chi connectivity index (χ4n) is 2.38. The van der Waals surface area contributed by atoms with Gasteiger partial charge >= 0.3 is 0 Å². The lowest BCUT2D eigenvalue weighted by Crippen LogP contribution is -2.28. The zero-order valence-corrected chi connectivity index (χ0v) is 16.2. The third-order valence-corrected chi connectivity index (χ3v) is 5.48. The van der Waals surface area contributed by atoms with Crippen molar-refractivity contribution in [1.82, 2.24) is 4.72 Å². The molecule has 0 atom stereocenters. The normalized spacial score (nSPS) is 12.2. The van der Waals surface area contributed by atoms with Crippen LogP contribution in [0.25, 0.3) is 0 Å². The first-order valence-electron chi connectivity index (χ1n) is 8.54. The summed E-state index contributed by atoms with van der Waals surface area (Å²) in [5.74, 6) is 0.749. The largest absolute Gasteiger partial charge is 0.492 e. The van der Waals surface area contributed by atoms with Crippen LogP contribution in [0.4, 0.5) is 0 Å². The molecular formula is C20H27NO3S. The van der Waals surface area contributed by atoms with E-state index in [0.29, 0.717) is 0 Å². The van der Waals surface area contributed by atoms with Crippen molar-refractivity contribution in [2.24, 2.45) is 0 Å². The molecule has 0 saturated heterocycles. The van der Waals surface area contributed by atoms with Gasteiger partial charge in [-0.3, -0.25) is 0 Å². The Hall–Kier alpha value is -1.85. The highest BCUT2D eigenvalue weighted by molar-refractivity contribution is 7.89. The van der Waals surface area contributed by atoms with Crippen LogP contribution in [0.3, 0.4) is 0 Å². The molecule has 0 amide bonds. The van der Waals surface area contributed by atoms with Gasteiger partial charge in [-0.15, -0.1) is 0 Å². The minimum absolute atomic E-state index is 0.0472. The van der Waals surface area contributed by atoms with E-state index in [1.54, 1.807) is 12.1 Å². The molecule has 0 saturated carbocycles. The maximum Gasteiger partial charge on any atom is 0.240 e. The van der Waals surface area contributed by atoms with E-state index in [2.05, 4.69) is 31.6 Å². The molecule has 0 unspecified atom stereocenters. The zero-order chi connectivity index (χ0) is 18.5. The Bertz CT molecular complexity index is 790. The van der Waals surface area contributed by atoms with E-state index in [0.717, 1.165) is 17.7 Å². The molecule has 0 aliphatic carbocycles. The van der Waals surface area contributed by atoms with Crippen molar-refractivity contribution in [2.45, 2.75) is 44.4 Å². The summed E-state index contributed by atoms with van der Waals surface area (Å²) in [5, 5.41) is 0. The molecule has 0 radical (unpaired) electrons. The molecular weight excluding hydrogens is 334 g/mol. The first kappa shape index (κ1) is 19.5. The van der Waals surface area contributed by atoms with Crippen molar-refractivity contribution in [3.8, 4) is 5.75 Å². The van der Waals surface area contributed by atoms with E-state index in [9.17, 15) is 8.42 Å². The van der Waals surface area contributed by atoms with E-state index >= 15 is 0 Å². The Morgan fingerprint density at radius 1 is 1.04 bits per heavy atom. The van der Waals surface area contributed by atoms with Gasteiger partial charge < -0.3 is 4.74 Å². The Kier molecular flexibility index (Phi) is 6.25. The predicted octanol–water partition coefficient (Wildman–Crippen LogP) is 3.90. The SMILES string of the molecule is CCc1ccc(S(=O)(=O)NCCOc2cccc(C(C)(C)C)c2)cc1. The predicted molar refractivity (Wildman–Crippen MR) is 102 cm³/mol. The summed E-state index contributed by atoms with van der Waals surface area (Å²) < 4.78 is 32.8. The monoisotopic (exact) mass is 361 g/mol. The summed E-state index contributed by atoms with van der Waals surface area (Å²) in [6, 6.07) is 14.8. The second kappa shape index (κ2) is 8.02. The zero-order valence-electron chi connectivity index (χ0n) is 15.4. The van der Waals surface area contributed by atoms with Crippen molar-refractivity contribution in [3.05, 3.63) is 59.7 Å². The number of aryl methyl sites for hydroxylation is 1. The van der Waals surface area contributed by atoms with Crippen molar-refractivity contribution < 1.29 is 13.2 Å². The minimum atomic E-state index is -3.50. The number of rotatable bonds is 7. The molecule has 136 valence electrons. The lowest BCUT2D eigenvalue weighted by molar-refractivity contribution is 0.322. The average Bonchev–Trinajstić information content (AvgIpc) is 2.58. The fourth-order valence-corrected chi connectivity index (χ4v) is 3.40. The molecule has 0 spiro atoms. The van der Waals surface area contributed by atoms with Gasteiger partial charge in [0.05, 0.1) is 4.90 Å². The molecule has 0 heterocycles. The van der Waals surface area contributed by atoms with Crippen molar-refractivity contribution in [1.29, 1.82) is 0 Å². The molecule has 0 aliphatic rings. The van der Waals surface area contributed by atoms with Crippen LogP contribution in [-0.2, 0) is 21.9 Å². The summed E-state index contributed by atoms with van der Waals surface area (Å²) in [5.41, 5.74) is 2.34. The second-order valence-electron chi connectivity index (χ2n) is 7.02. The van der Waals surface area contributed by atoms with E-state index in [1.807, 2.05) is 37.3 Å². The van der Waals surface area contributed by atoms with Crippen molar-refractivity contribution in [2.75, 3.05) is 13.2 Å². The lowest BCUT2D eigenvalue weighted by Gasteiger charge is -2.19. The molecule has 1 N–H and O–H groups in total. The highest BCUT2D eigenvalue weighted by atomic mass is 32.2. The van der Waals surface area contributed by atoms with Crippen molar-refractivity contribution >= 4 is 10.0 Å². The summed E-state index contributed by atoms with van der Waals surface area (Å²) in [6.45, 7) is 8.96. The van der Waals surface area contributed by atoms with Crippen LogP contribution in [0.2, 0.25) is 0 Å². The molecule has 2 aromatic rings. The molecule has 5 heteroatoms. The number of benzene rings is 2. The number of hydrogen-bond acceptors (Lipinski definition) is 3. The Labute approximate surface area is 151 Å². The summed E-state index contributed by atoms with van der Waals surface area (Å²) in [7, 11) is -3.50. The molecule has 25 heavy (non-hydrogen) atoms. The van der Waals surface area contributed by atoms with Crippen LogP contribution in [0.15, 0.2) is 53.4 Å². The molecule has 0 fully saturated rings. The third kappa shape index (κ3) is 5.58. The van der Waals surface area contributed by atoms with Gasteiger partial charge in [0, 0.05) is 6.54 Å². The van der Waals surface area contributed by atoms with Gasteiger partial charge in [-0.1, -0.05) is 52.0 Å². The van der Waals surface area contributed by atoms with Gasteiger partial charge in [-0.25, -0.2) is 13.1 Å². The van der Waals surface area contributed by atoms with Gasteiger partial charge in [-0.2, -0.15) is 0 Å². The fraction of sp³-hybridized carbons (Fsp3) is 0.400. The minimum Gasteiger partial charge on any atom is -0.492 e. The third-order valence-electron chi connectivity index (χ3n) is 4.00. The molecule has 0 aliphatic heterocycles. The van der Waals surface area contributed by atoms with Gasteiger partial charge in [0.15, 0.2) is 0 Å². The standard InChI is InChI=1S/C20H27NO3S/c1-5-16-9-11-19(12-10-16)25(22,23)21-13-14-24-18-8-6-7-17(15-18)20(2,3)4/h6-12,15,21H,5,13-14H2,1-4H3. The van der Waals surface area contributed by atoms with Gasteiger partial charge in [0.1, 0.15) is 12.4 Å². The molecule has 2 rings (SSSR count). The quantitative estimate of drug-likeness (QED) is 0.761.